The van der Waals surface area contributed by atoms with Gasteiger partial charge in [-0.2, -0.15) is 0 Å². The predicted molar refractivity (Wildman–Crippen MR) is 90.9 cm³/mol. The summed E-state index contributed by atoms with van der Waals surface area (Å²) in [7, 11) is 1.42. The molecule has 1 amide bonds. The van der Waals surface area contributed by atoms with Crippen LogP contribution in [0.25, 0.3) is 10.9 Å². The monoisotopic (exact) mass is 359 g/mol. The number of non-ortho nitro benzene ring substituents is 1. The third-order valence-electron chi connectivity index (χ3n) is 4.69. The molecule has 0 spiro atoms. The molecule has 3 rings (SSSR count). The molecule has 2 heterocycles. The number of hydrogen-bond acceptors (Lipinski definition) is 6. The molecule has 1 N–H and O–H groups in total. The van der Waals surface area contributed by atoms with Gasteiger partial charge in [0.2, 0.25) is 0 Å². The van der Waals surface area contributed by atoms with Crippen LogP contribution < -0.4 is 0 Å². The number of methoxy groups -OCH3 is 1. The van der Waals surface area contributed by atoms with Crippen molar-refractivity contribution < 1.29 is 24.4 Å². The first kappa shape index (κ1) is 17.7. The van der Waals surface area contributed by atoms with Gasteiger partial charge in [0.05, 0.1) is 28.0 Å². The predicted octanol–water partition coefficient (Wildman–Crippen LogP) is 1.71. The van der Waals surface area contributed by atoms with E-state index in [-0.39, 0.29) is 48.3 Å². The van der Waals surface area contributed by atoms with Crippen LogP contribution in [-0.4, -0.2) is 58.6 Å². The van der Waals surface area contributed by atoms with Crippen LogP contribution in [-0.2, 0) is 9.53 Å². The Labute approximate surface area is 148 Å². The minimum Gasteiger partial charge on any atom is -0.481 e. The smallest absolute Gasteiger partial charge is 0.313 e. The number of amides is 1. The average Bonchev–Trinajstić information content (AvgIpc) is 3.06. The Morgan fingerprint density at radius 2 is 2.19 bits per heavy atom. The summed E-state index contributed by atoms with van der Waals surface area (Å²) in [6.07, 6.45) is 1.74. The number of likely N-dealkylation sites (tertiary alicyclic amines) is 1. The van der Waals surface area contributed by atoms with Crippen LogP contribution in [0.4, 0.5) is 5.69 Å². The molecule has 1 atom stereocenters. The van der Waals surface area contributed by atoms with Crippen LogP contribution in [0.2, 0.25) is 0 Å². The lowest BCUT2D eigenvalue weighted by Crippen LogP contribution is -2.40. The number of nitro benzene ring substituents is 1. The molecule has 1 fully saturated rings. The van der Waals surface area contributed by atoms with Crippen molar-refractivity contribution in [2.75, 3.05) is 26.8 Å². The van der Waals surface area contributed by atoms with Gasteiger partial charge in [0, 0.05) is 32.5 Å². The van der Waals surface area contributed by atoms with Gasteiger partial charge >= 0.3 is 5.97 Å². The highest BCUT2D eigenvalue weighted by Crippen LogP contribution is 2.34. The molecule has 9 heteroatoms. The van der Waals surface area contributed by atoms with E-state index in [9.17, 15) is 24.8 Å². The number of aliphatic carboxylic acids is 1. The topological polar surface area (TPSA) is 123 Å². The first-order valence-electron chi connectivity index (χ1n) is 7.93. The van der Waals surface area contributed by atoms with Crippen molar-refractivity contribution in [3.05, 3.63) is 46.1 Å². The fourth-order valence-electron chi connectivity index (χ4n) is 3.34. The van der Waals surface area contributed by atoms with Crippen molar-refractivity contribution >= 4 is 28.5 Å². The van der Waals surface area contributed by atoms with E-state index < -0.39 is 22.2 Å². The van der Waals surface area contributed by atoms with Crippen LogP contribution in [0.5, 0.6) is 0 Å². The number of rotatable bonds is 5. The molecular formula is C17H17N3O6. The lowest BCUT2D eigenvalue weighted by atomic mass is 9.88. The first-order chi connectivity index (χ1) is 12.4. The lowest BCUT2D eigenvalue weighted by Gasteiger charge is -2.24. The number of nitrogens with zero attached hydrogens (tertiary/aromatic N) is 3. The van der Waals surface area contributed by atoms with E-state index in [2.05, 4.69) is 4.98 Å². The van der Waals surface area contributed by atoms with Gasteiger partial charge in [-0.25, -0.2) is 0 Å². The van der Waals surface area contributed by atoms with Crippen LogP contribution >= 0.6 is 0 Å². The molecule has 136 valence electrons. The maximum Gasteiger partial charge on any atom is 0.313 e. The van der Waals surface area contributed by atoms with Gasteiger partial charge in [-0.05, 0) is 24.6 Å². The zero-order valence-corrected chi connectivity index (χ0v) is 14.0. The van der Waals surface area contributed by atoms with Crippen molar-refractivity contribution in [1.82, 2.24) is 9.88 Å². The van der Waals surface area contributed by atoms with Gasteiger partial charge in [0.1, 0.15) is 5.41 Å². The second-order valence-corrected chi connectivity index (χ2v) is 6.28. The lowest BCUT2D eigenvalue weighted by molar-refractivity contribution is -0.383. The summed E-state index contributed by atoms with van der Waals surface area (Å²) < 4.78 is 5.03. The van der Waals surface area contributed by atoms with E-state index in [1.54, 1.807) is 6.07 Å². The molecular weight excluding hydrogens is 342 g/mol. The van der Waals surface area contributed by atoms with Crippen molar-refractivity contribution in [3.8, 4) is 0 Å². The highest BCUT2D eigenvalue weighted by Gasteiger charge is 2.46. The number of ether oxygens (including phenoxy) is 1. The standard InChI is InChI=1S/C17H17N3O6/c1-26-10-17(16(22)23)6-8-19(9-17)15(21)12-4-5-13(20(24)25)11-3-2-7-18-14(11)12/h2-5,7H,6,8-10H2,1H3,(H,22,23). The Morgan fingerprint density at radius 1 is 1.42 bits per heavy atom. The Hall–Kier alpha value is -3.07. The van der Waals surface area contributed by atoms with Gasteiger partial charge in [0.15, 0.2) is 0 Å². The molecule has 1 aromatic heterocycles. The number of carbonyl (C=O) groups excluding carboxylic acids is 1. The van der Waals surface area contributed by atoms with Crippen molar-refractivity contribution in [2.24, 2.45) is 5.41 Å². The molecule has 1 saturated heterocycles. The van der Waals surface area contributed by atoms with Crippen LogP contribution in [0.1, 0.15) is 16.8 Å². The number of benzene rings is 1. The van der Waals surface area contributed by atoms with Crippen molar-refractivity contribution in [1.29, 1.82) is 0 Å². The molecule has 9 nitrogen and oxygen atoms in total. The normalized spacial score (nSPS) is 19.7. The Morgan fingerprint density at radius 3 is 2.85 bits per heavy atom. The Balaban J connectivity index is 1.98. The van der Waals surface area contributed by atoms with Gasteiger partial charge in [-0.3, -0.25) is 24.7 Å². The van der Waals surface area contributed by atoms with Crippen molar-refractivity contribution in [3.63, 3.8) is 0 Å². The quantitative estimate of drug-likeness (QED) is 0.636. The minimum atomic E-state index is -1.14. The summed E-state index contributed by atoms with van der Waals surface area (Å²) in [5.41, 5.74) is -0.838. The highest BCUT2D eigenvalue weighted by molar-refractivity contribution is 6.08. The van der Waals surface area contributed by atoms with Crippen molar-refractivity contribution in [2.45, 2.75) is 6.42 Å². The van der Waals surface area contributed by atoms with Crippen LogP contribution in [0.3, 0.4) is 0 Å². The van der Waals surface area contributed by atoms with E-state index in [0.29, 0.717) is 0 Å². The molecule has 1 unspecified atom stereocenters. The van der Waals surface area contributed by atoms with Crippen LogP contribution in [0.15, 0.2) is 30.5 Å². The first-order valence-corrected chi connectivity index (χ1v) is 7.93. The van der Waals surface area contributed by atoms with Gasteiger partial charge < -0.3 is 14.7 Å². The second-order valence-electron chi connectivity index (χ2n) is 6.28. The van der Waals surface area contributed by atoms with Crippen LogP contribution in [0, 0.1) is 15.5 Å². The number of carboxylic acid groups (broad SMARTS) is 1. The highest BCUT2D eigenvalue weighted by atomic mass is 16.6. The summed E-state index contributed by atoms with van der Waals surface area (Å²) in [5.74, 6) is -1.41. The number of hydrogen-bond donors (Lipinski definition) is 1. The second kappa shape index (κ2) is 6.68. The minimum absolute atomic E-state index is 0.00533. The number of fused-ring (bicyclic) bond motifs is 1. The molecule has 1 aromatic carbocycles. The van der Waals surface area contributed by atoms with E-state index in [1.165, 1.54) is 36.4 Å². The Bertz CT molecular complexity index is 899. The van der Waals surface area contributed by atoms with E-state index in [1.807, 2.05) is 0 Å². The fraction of sp³-hybridized carbons (Fsp3) is 0.353. The summed E-state index contributed by atoms with van der Waals surface area (Å²) in [5, 5.41) is 21.0. The zero-order chi connectivity index (χ0) is 18.9. The number of carboxylic acids is 1. The van der Waals surface area contributed by atoms with E-state index in [4.69, 9.17) is 4.74 Å². The summed E-state index contributed by atoms with van der Waals surface area (Å²) >= 11 is 0. The summed E-state index contributed by atoms with van der Waals surface area (Å²) in [6, 6.07) is 5.74. The number of carbonyl (C=O) groups is 2. The molecule has 0 radical (unpaired) electrons. The third kappa shape index (κ3) is 2.86. The molecule has 1 aliphatic rings. The maximum absolute atomic E-state index is 12.9. The van der Waals surface area contributed by atoms with E-state index in [0.717, 1.165) is 0 Å². The third-order valence-corrected chi connectivity index (χ3v) is 4.69. The molecule has 2 aromatic rings. The largest absolute Gasteiger partial charge is 0.481 e. The fourth-order valence-corrected chi connectivity index (χ4v) is 3.34. The van der Waals surface area contributed by atoms with Gasteiger partial charge in [0.25, 0.3) is 11.6 Å². The number of aromatic nitrogens is 1. The SMILES string of the molecule is COCC1(C(=O)O)CCN(C(=O)c2ccc([N+](=O)[O-])c3cccnc23)C1. The summed E-state index contributed by atoms with van der Waals surface area (Å²) in [4.78, 5) is 40.8. The molecule has 1 aliphatic heterocycles. The molecule has 0 bridgehead atoms. The molecule has 0 aliphatic carbocycles. The molecule has 0 saturated carbocycles. The maximum atomic E-state index is 12.9. The average molecular weight is 359 g/mol. The Kier molecular flexibility index (Phi) is 4.56. The molecule has 26 heavy (non-hydrogen) atoms. The van der Waals surface area contributed by atoms with Gasteiger partial charge in [-0.15, -0.1) is 0 Å². The van der Waals surface area contributed by atoms with Gasteiger partial charge in [-0.1, -0.05) is 0 Å². The zero-order valence-electron chi connectivity index (χ0n) is 14.0. The summed E-state index contributed by atoms with van der Waals surface area (Å²) in [6.45, 7) is 0.283. The number of pyridine rings is 1. The van der Waals surface area contributed by atoms with E-state index >= 15 is 0 Å². The number of nitro groups is 1.